The van der Waals surface area contributed by atoms with Gasteiger partial charge in [-0.25, -0.2) is 0 Å². The molecule has 0 radical (unpaired) electrons. The summed E-state index contributed by atoms with van der Waals surface area (Å²) in [6.07, 6.45) is 1.25. The van der Waals surface area contributed by atoms with E-state index in [1.807, 2.05) is 0 Å². The van der Waals surface area contributed by atoms with Crippen LogP contribution in [0, 0.1) is 0 Å². The molecule has 0 aromatic rings. The lowest BCUT2D eigenvalue weighted by molar-refractivity contribution is 1.09. The van der Waals surface area contributed by atoms with Crippen molar-refractivity contribution >= 4 is 49.6 Å². The average molecular weight is 224 g/mol. The predicted octanol–water partition coefficient (Wildman–Crippen LogP) is 3.43. The largest absolute Gasteiger partial charge is 0.344 e. The maximum absolute atomic E-state index is 2.12. The molecular formula is C3H18Cl4N2. The van der Waals surface area contributed by atoms with Crippen LogP contribution in [0.3, 0.4) is 0 Å². The molecular weight excluding hydrogens is 206 g/mol. The van der Waals surface area contributed by atoms with E-state index in [0.29, 0.717) is 0 Å². The van der Waals surface area contributed by atoms with E-state index in [4.69, 9.17) is 0 Å². The summed E-state index contributed by atoms with van der Waals surface area (Å²) < 4.78 is 0. The van der Waals surface area contributed by atoms with Crippen LogP contribution in [0.25, 0.3) is 0 Å². The first-order valence-electron chi connectivity index (χ1n) is 1.41. The van der Waals surface area contributed by atoms with Crippen molar-refractivity contribution in [1.29, 1.82) is 0 Å². The van der Waals surface area contributed by atoms with Gasteiger partial charge in [-0.05, 0) is 0 Å². The summed E-state index contributed by atoms with van der Waals surface area (Å²) in [4.78, 5) is 0. The number of hydrogen-bond donors (Lipinski definition) is 2. The van der Waals surface area contributed by atoms with E-state index in [1.54, 1.807) is 0 Å². The number of hydrogen-bond acceptors (Lipinski definition) is 2. The smallest absolute Gasteiger partial charge is 0.0590 e. The van der Waals surface area contributed by atoms with Crippen LogP contribution in [0.5, 0.6) is 0 Å². The monoisotopic (exact) mass is 222 g/mol. The molecule has 68 valence electrons. The quantitative estimate of drug-likeness (QED) is 0.661. The summed E-state index contributed by atoms with van der Waals surface area (Å²) >= 11 is 0. The Morgan fingerprint density at radius 1 is 0.667 bits per heavy atom. The maximum atomic E-state index is 2.12. The third-order valence-electron chi connectivity index (χ3n) is 0. The fraction of sp³-hybridized carbons (Fsp3) is 1.00. The molecule has 0 amide bonds. The molecule has 0 aromatic heterocycles. The lowest BCUT2D eigenvalue weighted by Crippen LogP contribution is -1.27. The summed E-state index contributed by atoms with van der Waals surface area (Å²) in [6.45, 7) is 4.25. The molecule has 0 aromatic carbocycles. The summed E-state index contributed by atoms with van der Waals surface area (Å²) in [5.74, 6) is 0. The lowest BCUT2D eigenvalue weighted by atomic mass is 10.6. The molecule has 2 nitrogen and oxygen atoms in total. The summed E-state index contributed by atoms with van der Waals surface area (Å²) in [5.41, 5.74) is 0. The van der Waals surface area contributed by atoms with Crippen LogP contribution in [0.4, 0.5) is 0 Å². The average Bonchev–Trinajstić information content (AvgIpc) is 0.918. The fourth-order valence-electron chi connectivity index (χ4n) is 0. The molecule has 0 aliphatic rings. The Morgan fingerprint density at radius 3 is 0.667 bits per heavy atom. The van der Waals surface area contributed by atoms with Crippen molar-refractivity contribution in [3.63, 3.8) is 0 Å². The van der Waals surface area contributed by atoms with Crippen molar-refractivity contribution in [1.82, 2.24) is 12.3 Å². The lowest BCUT2D eigenvalue weighted by Gasteiger charge is -1.48. The van der Waals surface area contributed by atoms with Gasteiger partial charge in [0.25, 0.3) is 0 Å². The first-order valence-corrected chi connectivity index (χ1v) is 1.41. The topological polar surface area (TPSA) is 70.0 Å². The van der Waals surface area contributed by atoms with Gasteiger partial charge in [-0.15, -0.1) is 49.6 Å². The maximum Gasteiger partial charge on any atom is -0.0590 e. The summed E-state index contributed by atoms with van der Waals surface area (Å²) in [7, 11) is 0. The minimum Gasteiger partial charge on any atom is -0.344 e. The highest BCUT2D eigenvalue weighted by Crippen LogP contribution is 1.56. The van der Waals surface area contributed by atoms with Crippen LogP contribution in [0.1, 0.15) is 20.3 Å². The molecule has 0 aliphatic heterocycles. The van der Waals surface area contributed by atoms with Gasteiger partial charge in [0.05, 0.1) is 0 Å². The highest BCUT2D eigenvalue weighted by Gasteiger charge is 1.35. The second-order valence-corrected chi connectivity index (χ2v) is 0.707. The molecule has 0 fully saturated rings. The number of halogens is 4. The Hall–Kier alpha value is 1.08. The first kappa shape index (κ1) is 87.6. The van der Waals surface area contributed by atoms with Gasteiger partial charge >= 0.3 is 0 Å². The third-order valence-corrected chi connectivity index (χ3v) is 0. The Bertz CT molecular complexity index is 13.8. The first-order chi connectivity index (χ1) is 1.41. The van der Waals surface area contributed by atoms with E-state index in [1.165, 1.54) is 6.42 Å². The SMILES string of the molecule is CCC.Cl.Cl.Cl.Cl.N.N. The van der Waals surface area contributed by atoms with Crippen LogP contribution < -0.4 is 12.3 Å². The van der Waals surface area contributed by atoms with E-state index in [0.717, 1.165) is 0 Å². The highest BCUT2D eigenvalue weighted by atomic mass is 35.5. The third kappa shape index (κ3) is 390. The molecule has 0 saturated heterocycles. The van der Waals surface area contributed by atoms with Gasteiger partial charge < -0.3 is 12.3 Å². The standard InChI is InChI=1S/C3H8.4ClH.2H3N/c1-3-2;;;;;;/h3H2,1-2H3;4*1H;2*1H3. The van der Waals surface area contributed by atoms with E-state index >= 15 is 0 Å². The van der Waals surface area contributed by atoms with Crippen LogP contribution in [-0.4, -0.2) is 0 Å². The molecule has 0 bridgehead atoms. The van der Waals surface area contributed by atoms with Gasteiger partial charge in [-0.1, -0.05) is 20.3 Å². The van der Waals surface area contributed by atoms with E-state index in [-0.39, 0.29) is 61.9 Å². The van der Waals surface area contributed by atoms with Crippen molar-refractivity contribution in [3.05, 3.63) is 0 Å². The Morgan fingerprint density at radius 2 is 0.667 bits per heavy atom. The Labute approximate surface area is 82.4 Å². The predicted molar refractivity (Wildman–Crippen MR) is 55.0 cm³/mol. The van der Waals surface area contributed by atoms with Crippen LogP contribution in [0.15, 0.2) is 0 Å². The van der Waals surface area contributed by atoms with Gasteiger partial charge in [-0.2, -0.15) is 0 Å². The van der Waals surface area contributed by atoms with E-state index < -0.39 is 0 Å². The Kier molecular flexibility index (Phi) is 1330. The summed E-state index contributed by atoms with van der Waals surface area (Å²) in [6, 6.07) is 0. The normalized spacial score (nSPS) is 2.00. The van der Waals surface area contributed by atoms with Gasteiger partial charge in [-0.3, -0.25) is 0 Å². The van der Waals surface area contributed by atoms with Crippen LogP contribution in [0.2, 0.25) is 0 Å². The molecule has 0 unspecified atom stereocenters. The minimum absolute atomic E-state index is 0. The minimum atomic E-state index is 0. The van der Waals surface area contributed by atoms with Crippen molar-refractivity contribution in [2.45, 2.75) is 20.3 Å². The molecule has 0 heterocycles. The van der Waals surface area contributed by atoms with Gasteiger partial charge in [0, 0.05) is 0 Å². The highest BCUT2D eigenvalue weighted by molar-refractivity contribution is 5.86. The molecule has 0 aliphatic carbocycles. The second-order valence-electron chi connectivity index (χ2n) is 0.707. The molecule has 0 rings (SSSR count). The zero-order valence-electron chi connectivity index (χ0n) is 5.75. The second kappa shape index (κ2) is 137. The molecule has 6 N–H and O–H groups in total. The zero-order chi connectivity index (χ0) is 2.71. The summed E-state index contributed by atoms with van der Waals surface area (Å²) in [5, 5.41) is 0. The van der Waals surface area contributed by atoms with E-state index in [2.05, 4.69) is 13.8 Å². The molecule has 9 heavy (non-hydrogen) atoms. The van der Waals surface area contributed by atoms with Gasteiger partial charge in [0.2, 0.25) is 0 Å². The molecule has 0 atom stereocenters. The van der Waals surface area contributed by atoms with E-state index in [9.17, 15) is 0 Å². The van der Waals surface area contributed by atoms with Crippen LogP contribution in [-0.2, 0) is 0 Å². The Balaban J connectivity index is -0.00000000133. The zero-order valence-corrected chi connectivity index (χ0v) is 9.02. The van der Waals surface area contributed by atoms with Crippen molar-refractivity contribution in [2.24, 2.45) is 0 Å². The van der Waals surface area contributed by atoms with Crippen molar-refractivity contribution in [2.75, 3.05) is 0 Å². The van der Waals surface area contributed by atoms with Crippen molar-refractivity contribution < 1.29 is 0 Å². The van der Waals surface area contributed by atoms with Gasteiger partial charge in [0.15, 0.2) is 0 Å². The van der Waals surface area contributed by atoms with Crippen molar-refractivity contribution in [3.8, 4) is 0 Å². The molecule has 6 heteroatoms. The molecule has 0 saturated carbocycles. The van der Waals surface area contributed by atoms with Crippen LogP contribution >= 0.6 is 49.6 Å². The van der Waals surface area contributed by atoms with Gasteiger partial charge in [0.1, 0.15) is 0 Å². The molecule has 0 spiro atoms. The number of rotatable bonds is 0. The fourth-order valence-corrected chi connectivity index (χ4v) is 0.